The Morgan fingerprint density at radius 3 is 2.37 bits per heavy atom. The molecular formula is C18H17Cl2N3O3S. The zero-order chi connectivity index (χ0) is 19.9. The van der Waals surface area contributed by atoms with E-state index in [1.807, 2.05) is 13.8 Å². The fourth-order valence-corrected chi connectivity index (χ4v) is 3.89. The third-order valence-corrected chi connectivity index (χ3v) is 5.41. The van der Waals surface area contributed by atoms with Gasteiger partial charge in [0, 0.05) is 29.9 Å². The highest BCUT2D eigenvalue weighted by molar-refractivity contribution is 7.90. The lowest BCUT2D eigenvalue weighted by atomic mass is 10.1. The van der Waals surface area contributed by atoms with Crippen LogP contribution >= 0.6 is 23.2 Å². The van der Waals surface area contributed by atoms with Gasteiger partial charge < -0.3 is 0 Å². The van der Waals surface area contributed by atoms with E-state index < -0.39 is 9.84 Å². The van der Waals surface area contributed by atoms with E-state index >= 15 is 0 Å². The van der Waals surface area contributed by atoms with Gasteiger partial charge in [-0.3, -0.25) is 9.36 Å². The molecule has 6 nitrogen and oxygen atoms in total. The second kappa shape index (κ2) is 7.22. The summed E-state index contributed by atoms with van der Waals surface area (Å²) >= 11 is 12.6. The first-order valence-corrected chi connectivity index (χ1v) is 10.8. The molecule has 2 heterocycles. The predicted octanol–water partition coefficient (Wildman–Crippen LogP) is 3.82. The largest absolute Gasteiger partial charge is 0.292 e. The Labute approximate surface area is 166 Å². The number of benzene rings is 1. The Hall–Kier alpha value is -1.96. The molecule has 0 fully saturated rings. The molecule has 2 aromatic heterocycles. The Morgan fingerprint density at radius 1 is 1.19 bits per heavy atom. The summed E-state index contributed by atoms with van der Waals surface area (Å²) in [5.41, 5.74) is 0.660. The van der Waals surface area contributed by atoms with Gasteiger partial charge in [0.25, 0.3) is 5.56 Å². The minimum atomic E-state index is -3.61. The quantitative estimate of drug-likeness (QED) is 0.593. The summed E-state index contributed by atoms with van der Waals surface area (Å²) in [5, 5.41) is 0.900. The van der Waals surface area contributed by atoms with Gasteiger partial charge in [0.05, 0.1) is 15.6 Å². The van der Waals surface area contributed by atoms with Gasteiger partial charge in [-0.05, 0) is 24.1 Å². The molecule has 3 aromatic rings. The zero-order valence-electron chi connectivity index (χ0n) is 14.9. The Morgan fingerprint density at radius 2 is 1.81 bits per heavy atom. The predicted molar refractivity (Wildman–Crippen MR) is 107 cm³/mol. The number of aromatic nitrogens is 3. The first-order valence-electron chi connectivity index (χ1n) is 8.14. The summed E-state index contributed by atoms with van der Waals surface area (Å²) in [5.74, 6) is 0.125. The summed E-state index contributed by atoms with van der Waals surface area (Å²) in [6.45, 7) is 4.25. The molecule has 0 aliphatic rings. The zero-order valence-corrected chi connectivity index (χ0v) is 17.2. The van der Waals surface area contributed by atoms with Crippen molar-refractivity contribution in [2.75, 3.05) is 6.26 Å². The SMILES string of the molecule is CC(C)Cn1c(=O)c(-c2c(Cl)cccc2Cl)cc2cnc(S(C)(=O)=O)nc21. The summed E-state index contributed by atoms with van der Waals surface area (Å²) in [6.07, 6.45) is 2.42. The van der Waals surface area contributed by atoms with E-state index in [4.69, 9.17) is 23.2 Å². The second-order valence-corrected chi connectivity index (χ2v) is 9.39. The van der Waals surface area contributed by atoms with Crippen molar-refractivity contribution < 1.29 is 8.42 Å². The first kappa shape index (κ1) is 19.8. The third-order valence-electron chi connectivity index (χ3n) is 3.92. The maximum Gasteiger partial charge on any atom is 0.260 e. The van der Waals surface area contributed by atoms with Crippen LogP contribution in [0, 0.1) is 5.92 Å². The Balaban J connectivity index is 2.42. The lowest BCUT2D eigenvalue weighted by molar-refractivity contribution is 0.520. The molecule has 0 atom stereocenters. The van der Waals surface area contributed by atoms with Crippen molar-refractivity contribution in [3.63, 3.8) is 0 Å². The van der Waals surface area contributed by atoms with Crippen LogP contribution in [0.5, 0.6) is 0 Å². The number of hydrogen-bond donors (Lipinski definition) is 0. The molecule has 0 amide bonds. The van der Waals surface area contributed by atoms with E-state index in [0.717, 1.165) is 6.26 Å². The molecule has 3 rings (SSSR count). The van der Waals surface area contributed by atoms with Crippen LogP contribution in [0.2, 0.25) is 10.0 Å². The van der Waals surface area contributed by atoms with Crippen molar-refractivity contribution in [1.29, 1.82) is 0 Å². The lowest BCUT2D eigenvalue weighted by Crippen LogP contribution is -2.25. The fourth-order valence-electron chi connectivity index (χ4n) is 2.79. The minimum Gasteiger partial charge on any atom is -0.292 e. The lowest BCUT2D eigenvalue weighted by Gasteiger charge is -2.15. The highest BCUT2D eigenvalue weighted by Gasteiger charge is 2.20. The molecule has 0 aliphatic carbocycles. The fraction of sp³-hybridized carbons (Fsp3) is 0.278. The smallest absolute Gasteiger partial charge is 0.260 e. The van der Waals surface area contributed by atoms with E-state index in [1.165, 1.54) is 10.8 Å². The van der Waals surface area contributed by atoms with Gasteiger partial charge >= 0.3 is 0 Å². The molecule has 27 heavy (non-hydrogen) atoms. The van der Waals surface area contributed by atoms with Gasteiger partial charge in [0.2, 0.25) is 15.0 Å². The normalized spacial score (nSPS) is 12.1. The summed E-state index contributed by atoms with van der Waals surface area (Å²) in [4.78, 5) is 21.3. The van der Waals surface area contributed by atoms with Gasteiger partial charge in [0.15, 0.2) is 0 Å². The number of rotatable bonds is 4. The van der Waals surface area contributed by atoms with Crippen LogP contribution in [0.1, 0.15) is 13.8 Å². The van der Waals surface area contributed by atoms with E-state index in [0.29, 0.717) is 33.1 Å². The monoisotopic (exact) mass is 425 g/mol. The van der Waals surface area contributed by atoms with Crippen LogP contribution in [0.4, 0.5) is 0 Å². The molecule has 142 valence electrons. The highest BCUT2D eigenvalue weighted by Crippen LogP contribution is 2.33. The van der Waals surface area contributed by atoms with E-state index in [2.05, 4.69) is 9.97 Å². The number of hydrogen-bond acceptors (Lipinski definition) is 5. The van der Waals surface area contributed by atoms with Crippen molar-refractivity contribution >= 4 is 44.1 Å². The van der Waals surface area contributed by atoms with Gasteiger partial charge in [-0.15, -0.1) is 0 Å². The molecule has 0 bridgehead atoms. The standard InChI is InChI=1S/C18H17Cl2N3O3S/c1-10(2)9-23-16-11(8-21-18(22-16)27(3,25)26)7-12(17(23)24)15-13(19)5-4-6-14(15)20/h4-8,10H,9H2,1-3H3. The topological polar surface area (TPSA) is 81.9 Å². The summed E-state index contributed by atoms with van der Waals surface area (Å²) in [7, 11) is -3.61. The Kier molecular flexibility index (Phi) is 5.29. The van der Waals surface area contributed by atoms with Gasteiger partial charge in [-0.1, -0.05) is 43.1 Å². The van der Waals surface area contributed by atoms with Crippen LogP contribution in [0.3, 0.4) is 0 Å². The van der Waals surface area contributed by atoms with E-state index in [-0.39, 0.29) is 22.3 Å². The summed E-state index contributed by atoms with van der Waals surface area (Å²) < 4.78 is 25.1. The van der Waals surface area contributed by atoms with Crippen molar-refractivity contribution in [3.8, 4) is 11.1 Å². The molecule has 0 N–H and O–H groups in total. The number of nitrogens with zero attached hydrogens (tertiary/aromatic N) is 3. The van der Waals surface area contributed by atoms with Crippen molar-refractivity contribution in [2.24, 2.45) is 5.92 Å². The van der Waals surface area contributed by atoms with E-state index in [9.17, 15) is 13.2 Å². The molecule has 0 radical (unpaired) electrons. The average Bonchev–Trinajstić information content (AvgIpc) is 2.56. The van der Waals surface area contributed by atoms with Crippen LogP contribution in [0.25, 0.3) is 22.2 Å². The molecule has 0 spiro atoms. The number of halogens is 2. The van der Waals surface area contributed by atoms with Crippen molar-refractivity contribution in [2.45, 2.75) is 25.5 Å². The van der Waals surface area contributed by atoms with Gasteiger partial charge in [-0.2, -0.15) is 4.98 Å². The average molecular weight is 426 g/mol. The number of fused-ring (bicyclic) bond motifs is 1. The van der Waals surface area contributed by atoms with Crippen LogP contribution in [0.15, 0.2) is 40.4 Å². The van der Waals surface area contributed by atoms with Gasteiger partial charge in [-0.25, -0.2) is 13.4 Å². The summed E-state index contributed by atoms with van der Waals surface area (Å²) in [6, 6.07) is 6.60. The molecule has 0 saturated carbocycles. The minimum absolute atomic E-state index is 0.125. The van der Waals surface area contributed by atoms with Crippen LogP contribution < -0.4 is 5.56 Å². The number of pyridine rings is 1. The van der Waals surface area contributed by atoms with Crippen LogP contribution in [-0.4, -0.2) is 29.2 Å². The molecule has 0 unspecified atom stereocenters. The maximum absolute atomic E-state index is 13.2. The molecule has 0 saturated heterocycles. The molecule has 1 aromatic carbocycles. The molecule has 0 aliphatic heterocycles. The van der Waals surface area contributed by atoms with Crippen LogP contribution in [-0.2, 0) is 16.4 Å². The highest BCUT2D eigenvalue weighted by atomic mass is 35.5. The molecular weight excluding hydrogens is 409 g/mol. The van der Waals surface area contributed by atoms with Crippen molar-refractivity contribution in [3.05, 3.63) is 50.9 Å². The number of sulfone groups is 1. The first-order chi connectivity index (χ1) is 12.6. The molecule has 9 heteroatoms. The second-order valence-electron chi connectivity index (χ2n) is 6.67. The maximum atomic E-state index is 13.2. The van der Waals surface area contributed by atoms with Gasteiger partial charge in [0.1, 0.15) is 5.65 Å². The van der Waals surface area contributed by atoms with E-state index in [1.54, 1.807) is 24.3 Å². The Bertz CT molecular complexity index is 1180. The third kappa shape index (κ3) is 3.85. The van der Waals surface area contributed by atoms with Crippen molar-refractivity contribution in [1.82, 2.24) is 14.5 Å².